The Balaban J connectivity index is 2.10. The smallest absolute Gasteiger partial charge is 0.251 e. The summed E-state index contributed by atoms with van der Waals surface area (Å²) in [6.45, 7) is 5.26. The van der Waals surface area contributed by atoms with Gasteiger partial charge in [0.1, 0.15) is 0 Å². The van der Waals surface area contributed by atoms with Gasteiger partial charge in [-0.05, 0) is 43.7 Å². The molecule has 0 fully saturated rings. The summed E-state index contributed by atoms with van der Waals surface area (Å²) in [5.41, 5.74) is 2.75. The molecule has 1 heterocycles. The lowest BCUT2D eigenvalue weighted by Crippen LogP contribution is -2.22. The normalized spacial score (nSPS) is 10.3. The van der Waals surface area contributed by atoms with E-state index in [1.807, 2.05) is 44.2 Å². The summed E-state index contributed by atoms with van der Waals surface area (Å²) in [5.74, 6) is -0.0466. The van der Waals surface area contributed by atoms with Crippen LogP contribution in [0.3, 0.4) is 0 Å². The summed E-state index contributed by atoms with van der Waals surface area (Å²) in [5, 5.41) is 6.16. The molecule has 0 unspecified atom stereocenters. The minimum Gasteiger partial charge on any atom is -0.380 e. The van der Waals surface area contributed by atoms with Crippen molar-refractivity contribution in [3.8, 4) is 0 Å². The molecule has 2 aromatic rings. The molecule has 1 aromatic carbocycles. The van der Waals surface area contributed by atoms with E-state index in [4.69, 9.17) is 11.6 Å². The van der Waals surface area contributed by atoms with Gasteiger partial charge < -0.3 is 10.6 Å². The van der Waals surface area contributed by atoms with Crippen molar-refractivity contribution in [3.63, 3.8) is 0 Å². The van der Waals surface area contributed by atoms with Crippen LogP contribution in [0.5, 0.6) is 0 Å². The first-order valence-electron chi connectivity index (χ1n) is 6.47. The summed E-state index contributed by atoms with van der Waals surface area (Å²) >= 11 is 7.47. The fraction of sp³-hybridized carbons (Fsp3) is 0.267. The lowest BCUT2D eigenvalue weighted by Gasteiger charge is -2.11. The Morgan fingerprint density at radius 2 is 2.10 bits per heavy atom. The molecule has 0 aliphatic carbocycles. The highest BCUT2D eigenvalue weighted by atomic mass is 35.5. The first kappa shape index (κ1) is 14.9. The van der Waals surface area contributed by atoms with Crippen LogP contribution in [0.25, 0.3) is 0 Å². The van der Waals surface area contributed by atoms with Gasteiger partial charge in [-0.2, -0.15) is 0 Å². The van der Waals surface area contributed by atoms with Gasteiger partial charge in [0.2, 0.25) is 0 Å². The standard InChI is InChI=1S/C15H17ClN2OS/c1-3-17-15(19)11-5-4-10(2)13(8-11)18-9-12-6-7-14(16)20-12/h4-8,18H,3,9H2,1-2H3,(H,17,19). The highest BCUT2D eigenvalue weighted by Crippen LogP contribution is 2.23. The molecule has 0 saturated carbocycles. The van der Waals surface area contributed by atoms with Gasteiger partial charge >= 0.3 is 0 Å². The number of rotatable bonds is 5. The maximum atomic E-state index is 11.8. The number of amides is 1. The SMILES string of the molecule is CCNC(=O)c1ccc(C)c(NCc2ccc(Cl)s2)c1. The van der Waals surface area contributed by atoms with E-state index in [0.717, 1.165) is 20.5 Å². The molecule has 0 radical (unpaired) electrons. The number of benzene rings is 1. The summed E-state index contributed by atoms with van der Waals surface area (Å²) in [7, 11) is 0. The highest BCUT2D eigenvalue weighted by Gasteiger charge is 2.07. The summed E-state index contributed by atoms with van der Waals surface area (Å²) < 4.78 is 0.787. The lowest BCUT2D eigenvalue weighted by atomic mass is 10.1. The molecule has 106 valence electrons. The van der Waals surface area contributed by atoms with Crippen molar-refractivity contribution in [1.29, 1.82) is 0 Å². The zero-order valence-electron chi connectivity index (χ0n) is 11.5. The highest BCUT2D eigenvalue weighted by molar-refractivity contribution is 7.16. The molecular weight excluding hydrogens is 292 g/mol. The molecule has 2 N–H and O–H groups in total. The Morgan fingerprint density at radius 3 is 2.75 bits per heavy atom. The van der Waals surface area contributed by atoms with Gasteiger partial charge in [-0.25, -0.2) is 0 Å². The van der Waals surface area contributed by atoms with Crippen molar-refractivity contribution >= 4 is 34.5 Å². The topological polar surface area (TPSA) is 41.1 Å². The summed E-state index contributed by atoms with van der Waals surface area (Å²) in [4.78, 5) is 13.0. The number of nitrogens with one attached hydrogen (secondary N) is 2. The molecule has 20 heavy (non-hydrogen) atoms. The number of aryl methyl sites for hydroxylation is 1. The van der Waals surface area contributed by atoms with Gasteiger partial charge in [-0.3, -0.25) is 4.79 Å². The van der Waals surface area contributed by atoms with Crippen molar-refractivity contribution in [1.82, 2.24) is 5.32 Å². The summed E-state index contributed by atoms with van der Waals surface area (Å²) in [6.07, 6.45) is 0. The van der Waals surface area contributed by atoms with Crippen LogP contribution in [0.1, 0.15) is 27.7 Å². The third kappa shape index (κ3) is 3.74. The molecule has 1 amide bonds. The van der Waals surface area contributed by atoms with Crippen LogP contribution in [0, 0.1) is 6.92 Å². The Labute approximate surface area is 128 Å². The molecule has 0 spiro atoms. The Morgan fingerprint density at radius 1 is 1.30 bits per heavy atom. The number of anilines is 1. The van der Waals surface area contributed by atoms with Crippen molar-refractivity contribution in [3.05, 3.63) is 50.7 Å². The fourth-order valence-corrected chi connectivity index (χ4v) is 2.87. The van der Waals surface area contributed by atoms with Crippen LogP contribution in [-0.2, 0) is 6.54 Å². The molecule has 2 rings (SSSR count). The number of hydrogen-bond donors (Lipinski definition) is 2. The average Bonchev–Trinajstić information content (AvgIpc) is 2.84. The second kappa shape index (κ2) is 6.77. The van der Waals surface area contributed by atoms with Crippen LogP contribution >= 0.6 is 22.9 Å². The van der Waals surface area contributed by atoms with Crippen molar-refractivity contribution in [2.45, 2.75) is 20.4 Å². The second-order valence-corrected chi connectivity index (χ2v) is 6.25. The first-order valence-corrected chi connectivity index (χ1v) is 7.66. The largest absolute Gasteiger partial charge is 0.380 e. The van der Waals surface area contributed by atoms with Crippen LogP contribution in [0.4, 0.5) is 5.69 Å². The van der Waals surface area contributed by atoms with E-state index in [-0.39, 0.29) is 5.91 Å². The zero-order chi connectivity index (χ0) is 14.5. The predicted molar refractivity (Wildman–Crippen MR) is 85.8 cm³/mol. The molecule has 0 bridgehead atoms. The monoisotopic (exact) mass is 308 g/mol. The van der Waals surface area contributed by atoms with Crippen molar-refractivity contribution in [2.24, 2.45) is 0 Å². The molecule has 0 aliphatic rings. The minimum atomic E-state index is -0.0466. The van der Waals surface area contributed by atoms with Gasteiger partial charge in [0, 0.05) is 29.2 Å². The average molecular weight is 309 g/mol. The number of halogens is 1. The molecule has 0 atom stereocenters. The van der Waals surface area contributed by atoms with E-state index in [2.05, 4.69) is 10.6 Å². The number of thiophene rings is 1. The fourth-order valence-electron chi connectivity index (χ4n) is 1.85. The van der Waals surface area contributed by atoms with Crippen molar-refractivity contribution in [2.75, 3.05) is 11.9 Å². The number of hydrogen-bond acceptors (Lipinski definition) is 3. The number of carbonyl (C=O) groups is 1. The molecule has 0 saturated heterocycles. The van der Waals surface area contributed by atoms with Gasteiger partial charge in [0.15, 0.2) is 0 Å². The van der Waals surface area contributed by atoms with Crippen LogP contribution in [0.2, 0.25) is 4.34 Å². The van der Waals surface area contributed by atoms with Gasteiger partial charge in [0.25, 0.3) is 5.91 Å². The molecule has 3 nitrogen and oxygen atoms in total. The Hall–Kier alpha value is -1.52. The maximum Gasteiger partial charge on any atom is 0.251 e. The van der Waals surface area contributed by atoms with Crippen molar-refractivity contribution < 1.29 is 4.79 Å². The second-order valence-electron chi connectivity index (χ2n) is 4.45. The van der Waals surface area contributed by atoms with E-state index in [1.54, 1.807) is 11.3 Å². The van der Waals surface area contributed by atoms with Crippen LogP contribution in [0.15, 0.2) is 30.3 Å². The van der Waals surface area contributed by atoms with Gasteiger partial charge in [0.05, 0.1) is 4.34 Å². The Bertz CT molecular complexity index is 610. The van der Waals surface area contributed by atoms with Crippen LogP contribution < -0.4 is 10.6 Å². The molecular formula is C15H17ClN2OS. The lowest BCUT2D eigenvalue weighted by molar-refractivity contribution is 0.0956. The van der Waals surface area contributed by atoms with Gasteiger partial charge in [-0.15, -0.1) is 11.3 Å². The summed E-state index contributed by atoms with van der Waals surface area (Å²) in [6, 6.07) is 9.57. The maximum absolute atomic E-state index is 11.8. The zero-order valence-corrected chi connectivity index (χ0v) is 13.1. The van der Waals surface area contributed by atoms with E-state index < -0.39 is 0 Å². The van der Waals surface area contributed by atoms with E-state index in [0.29, 0.717) is 18.7 Å². The van der Waals surface area contributed by atoms with E-state index >= 15 is 0 Å². The third-order valence-corrected chi connectivity index (χ3v) is 4.15. The first-order chi connectivity index (χ1) is 9.60. The van der Waals surface area contributed by atoms with E-state index in [1.165, 1.54) is 0 Å². The molecule has 5 heteroatoms. The Kier molecular flexibility index (Phi) is 5.04. The third-order valence-electron chi connectivity index (χ3n) is 2.92. The van der Waals surface area contributed by atoms with Gasteiger partial charge in [-0.1, -0.05) is 17.7 Å². The number of carbonyl (C=O) groups excluding carboxylic acids is 1. The minimum absolute atomic E-state index is 0.0466. The molecule has 0 aliphatic heterocycles. The molecule has 1 aromatic heterocycles. The van der Waals surface area contributed by atoms with Crippen LogP contribution in [-0.4, -0.2) is 12.5 Å². The quantitative estimate of drug-likeness (QED) is 0.874. The van der Waals surface area contributed by atoms with E-state index in [9.17, 15) is 4.79 Å². The predicted octanol–water partition coefficient (Wildman–Crippen LogP) is 4.07.